The third kappa shape index (κ3) is 3.24. The Hall–Kier alpha value is -3.32. The van der Waals surface area contributed by atoms with Crippen LogP contribution >= 0.6 is 0 Å². The lowest BCUT2D eigenvalue weighted by Crippen LogP contribution is -2.24. The summed E-state index contributed by atoms with van der Waals surface area (Å²) in [6, 6.07) is 8.89. The molecule has 0 bridgehead atoms. The molecule has 2 aliphatic rings. The number of halogens is 1. The van der Waals surface area contributed by atoms with Gasteiger partial charge in [-0.2, -0.15) is 0 Å². The Morgan fingerprint density at radius 3 is 2.91 bits per heavy atom. The summed E-state index contributed by atoms with van der Waals surface area (Å²) in [5, 5.41) is 1.34. The first-order valence-electron chi connectivity index (χ1n) is 11.0. The zero-order valence-corrected chi connectivity index (χ0v) is 17.8. The normalized spacial score (nSPS) is 16.2. The maximum absolute atomic E-state index is 15.1. The number of nitrogens with one attached hydrogen (secondary N) is 1. The average molecular weight is 433 g/mol. The van der Waals surface area contributed by atoms with E-state index in [2.05, 4.69) is 9.97 Å². The fraction of sp³-hybridized carbons (Fsp3) is 0.320. The number of aromatic amines is 1. The predicted molar refractivity (Wildman–Crippen MR) is 120 cm³/mol. The fourth-order valence-corrected chi connectivity index (χ4v) is 4.43. The SMILES string of the molecule is Cc1cc2c(F)c(Oc3ccnc4cc(OCCC5(N)CC5)c5c(c34)CCO5)ccc2[nH]1. The van der Waals surface area contributed by atoms with E-state index in [4.69, 9.17) is 19.9 Å². The van der Waals surface area contributed by atoms with Gasteiger partial charge < -0.3 is 24.9 Å². The monoisotopic (exact) mass is 433 g/mol. The van der Waals surface area contributed by atoms with Gasteiger partial charge in [0.05, 0.1) is 24.1 Å². The number of H-pyrrole nitrogens is 1. The molecule has 3 N–H and O–H groups in total. The standard InChI is InChI=1S/C25H24FN3O3/c1-14-12-16-17(29-14)2-3-20(23(16)26)32-19-4-9-28-18-13-21(30-11-8-25(27)6-7-25)24-15(22(18)19)5-10-31-24/h2-4,9,12-13,29H,5-8,10-11,27H2,1H3. The summed E-state index contributed by atoms with van der Waals surface area (Å²) in [4.78, 5) is 7.67. The Morgan fingerprint density at radius 2 is 2.06 bits per heavy atom. The van der Waals surface area contributed by atoms with Crippen LogP contribution in [0.4, 0.5) is 4.39 Å². The van der Waals surface area contributed by atoms with Crippen molar-refractivity contribution in [2.45, 2.75) is 38.1 Å². The smallest absolute Gasteiger partial charge is 0.175 e. The molecular weight excluding hydrogens is 409 g/mol. The molecule has 1 fully saturated rings. The van der Waals surface area contributed by atoms with E-state index in [1.165, 1.54) is 0 Å². The van der Waals surface area contributed by atoms with Crippen molar-refractivity contribution in [3.63, 3.8) is 0 Å². The minimum atomic E-state index is -0.388. The van der Waals surface area contributed by atoms with E-state index in [1.54, 1.807) is 24.4 Å². The van der Waals surface area contributed by atoms with Gasteiger partial charge in [0.15, 0.2) is 23.1 Å². The zero-order valence-electron chi connectivity index (χ0n) is 17.8. The molecule has 2 aromatic heterocycles. The third-order valence-corrected chi connectivity index (χ3v) is 6.41. The van der Waals surface area contributed by atoms with Gasteiger partial charge in [-0.05, 0) is 50.5 Å². The van der Waals surface area contributed by atoms with E-state index >= 15 is 4.39 Å². The summed E-state index contributed by atoms with van der Waals surface area (Å²) in [7, 11) is 0. The van der Waals surface area contributed by atoms with Crippen LogP contribution in [0.25, 0.3) is 21.8 Å². The third-order valence-electron chi connectivity index (χ3n) is 6.41. The quantitative estimate of drug-likeness (QED) is 0.439. The number of nitrogens with zero attached hydrogens (tertiary/aromatic N) is 1. The van der Waals surface area contributed by atoms with Crippen LogP contribution in [-0.2, 0) is 6.42 Å². The lowest BCUT2D eigenvalue weighted by Gasteiger charge is -2.16. The molecule has 0 unspecified atom stereocenters. The minimum Gasteiger partial charge on any atom is -0.490 e. The number of hydrogen-bond acceptors (Lipinski definition) is 5. The number of benzene rings is 2. The summed E-state index contributed by atoms with van der Waals surface area (Å²) in [5.41, 5.74) is 9.47. The van der Waals surface area contributed by atoms with Crippen LogP contribution in [0.3, 0.4) is 0 Å². The van der Waals surface area contributed by atoms with Gasteiger partial charge in [-0.1, -0.05) is 0 Å². The molecule has 0 saturated heterocycles. The minimum absolute atomic E-state index is 0.0662. The van der Waals surface area contributed by atoms with Crippen LogP contribution in [0, 0.1) is 12.7 Å². The van der Waals surface area contributed by atoms with Gasteiger partial charge in [-0.25, -0.2) is 4.39 Å². The van der Waals surface area contributed by atoms with Crippen molar-refractivity contribution in [2.24, 2.45) is 5.73 Å². The second-order valence-electron chi connectivity index (χ2n) is 8.84. The Labute approximate surface area is 184 Å². The summed E-state index contributed by atoms with van der Waals surface area (Å²) in [6.45, 7) is 3.00. The highest BCUT2D eigenvalue weighted by atomic mass is 19.1. The maximum Gasteiger partial charge on any atom is 0.175 e. The molecule has 0 amide bonds. The number of fused-ring (bicyclic) bond motifs is 4. The first-order valence-corrected chi connectivity index (χ1v) is 11.0. The van der Waals surface area contributed by atoms with Crippen molar-refractivity contribution >= 4 is 21.8 Å². The predicted octanol–water partition coefficient (Wildman–Crippen LogP) is 5.15. The Kier molecular flexibility index (Phi) is 4.30. The highest BCUT2D eigenvalue weighted by Crippen LogP contribution is 2.45. The van der Waals surface area contributed by atoms with Crippen LogP contribution < -0.4 is 19.9 Å². The molecule has 4 aromatic rings. The van der Waals surface area contributed by atoms with Crippen molar-refractivity contribution < 1.29 is 18.6 Å². The fourth-order valence-electron chi connectivity index (χ4n) is 4.43. The number of hydrogen-bond donors (Lipinski definition) is 2. The molecule has 0 spiro atoms. The van der Waals surface area contributed by atoms with E-state index in [0.717, 1.165) is 52.7 Å². The molecule has 1 aliphatic heterocycles. The largest absolute Gasteiger partial charge is 0.490 e. The van der Waals surface area contributed by atoms with Crippen LogP contribution in [0.15, 0.2) is 36.5 Å². The summed E-state index contributed by atoms with van der Waals surface area (Å²) in [5.74, 6) is 1.73. The number of ether oxygens (including phenoxy) is 3. The van der Waals surface area contributed by atoms with E-state index in [0.29, 0.717) is 36.5 Å². The topological polar surface area (TPSA) is 82.4 Å². The van der Waals surface area contributed by atoms with E-state index < -0.39 is 0 Å². The lowest BCUT2D eigenvalue weighted by atomic mass is 10.0. The van der Waals surface area contributed by atoms with Gasteiger partial charge in [-0.3, -0.25) is 4.98 Å². The van der Waals surface area contributed by atoms with E-state index in [1.807, 2.05) is 19.1 Å². The molecule has 0 radical (unpaired) electrons. The van der Waals surface area contributed by atoms with E-state index in [-0.39, 0.29) is 17.1 Å². The molecular formula is C25H24FN3O3. The molecule has 0 atom stereocenters. The molecule has 1 aliphatic carbocycles. The van der Waals surface area contributed by atoms with E-state index in [9.17, 15) is 0 Å². The first kappa shape index (κ1) is 19.4. The second kappa shape index (κ2) is 7.10. The Bertz CT molecular complexity index is 1360. The number of aromatic nitrogens is 2. The van der Waals surface area contributed by atoms with Crippen LogP contribution in [0.2, 0.25) is 0 Å². The van der Waals surface area contributed by atoms with Gasteiger partial charge in [-0.15, -0.1) is 0 Å². The average Bonchev–Trinajstić information content (AvgIpc) is 3.15. The Balaban J connectivity index is 1.38. The van der Waals surface area contributed by atoms with Crippen LogP contribution in [0.1, 0.15) is 30.5 Å². The maximum atomic E-state index is 15.1. The molecule has 6 nitrogen and oxygen atoms in total. The molecule has 32 heavy (non-hydrogen) atoms. The highest BCUT2D eigenvalue weighted by Gasteiger charge is 2.37. The summed E-state index contributed by atoms with van der Waals surface area (Å²) >= 11 is 0. The lowest BCUT2D eigenvalue weighted by molar-refractivity contribution is 0.271. The Morgan fingerprint density at radius 1 is 1.19 bits per heavy atom. The van der Waals surface area contributed by atoms with Gasteiger partial charge >= 0.3 is 0 Å². The van der Waals surface area contributed by atoms with Crippen LogP contribution in [-0.4, -0.2) is 28.7 Å². The molecule has 7 heteroatoms. The van der Waals surface area contributed by atoms with Crippen molar-refractivity contribution in [1.82, 2.24) is 9.97 Å². The van der Waals surface area contributed by atoms with Gasteiger partial charge in [0.1, 0.15) is 5.75 Å². The molecule has 6 rings (SSSR count). The highest BCUT2D eigenvalue weighted by molar-refractivity contribution is 5.93. The van der Waals surface area contributed by atoms with Gasteiger partial charge in [0, 0.05) is 46.4 Å². The molecule has 3 heterocycles. The number of rotatable bonds is 6. The summed E-state index contributed by atoms with van der Waals surface area (Å²) < 4.78 is 33.2. The zero-order chi connectivity index (χ0) is 21.9. The van der Waals surface area contributed by atoms with Crippen LogP contribution in [0.5, 0.6) is 23.0 Å². The van der Waals surface area contributed by atoms with Crippen molar-refractivity contribution in [3.05, 3.63) is 53.6 Å². The van der Waals surface area contributed by atoms with Gasteiger partial charge in [0.25, 0.3) is 0 Å². The van der Waals surface area contributed by atoms with Crippen molar-refractivity contribution in [2.75, 3.05) is 13.2 Å². The first-order chi connectivity index (χ1) is 15.5. The molecule has 2 aromatic carbocycles. The van der Waals surface area contributed by atoms with Crippen molar-refractivity contribution in [3.8, 4) is 23.0 Å². The van der Waals surface area contributed by atoms with Crippen molar-refractivity contribution in [1.29, 1.82) is 0 Å². The molecule has 1 saturated carbocycles. The molecule has 164 valence electrons. The summed E-state index contributed by atoms with van der Waals surface area (Å²) in [6.07, 6.45) is 5.30. The van der Waals surface area contributed by atoms with Gasteiger partial charge in [0.2, 0.25) is 0 Å². The number of nitrogens with two attached hydrogens (primary N) is 1. The number of pyridine rings is 1. The second-order valence-corrected chi connectivity index (χ2v) is 8.84. The number of aryl methyl sites for hydroxylation is 1.